The van der Waals surface area contributed by atoms with Gasteiger partial charge in [-0.3, -0.25) is 0 Å². The number of hydrogen-bond acceptors (Lipinski definition) is 4. The molecule has 4 nitrogen and oxygen atoms in total. The van der Waals surface area contributed by atoms with Crippen LogP contribution >= 0.6 is 11.6 Å². The molecule has 3 rings (SSSR count). The van der Waals surface area contributed by atoms with Crippen molar-refractivity contribution in [2.75, 3.05) is 6.79 Å². The minimum absolute atomic E-state index is 0.236. The van der Waals surface area contributed by atoms with Gasteiger partial charge in [-0.05, 0) is 42.3 Å². The van der Waals surface area contributed by atoms with Gasteiger partial charge in [-0.25, -0.2) is 9.97 Å². The van der Waals surface area contributed by atoms with E-state index in [-0.39, 0.29) is 12.1 Å². The van der Waals surface area contributed by atoms with Crippen molar-refractivity contribution in [2.45, 2.75) is 6.92 Å². The molecule has 17 heavy (non-hydrogen) atoms. The summed E-state index contributed by atoms with van der Waals surface area (Å²) >= 11 is 5.79. The van der Waals surface area contributed by atoms with Gasteiger partial charge in [-0.1, -0.05) is 0 Å². The summed E-state index contributed by atoms with van der Waals surface area (Å²) in [5.74, 6) is 1.51. The second-order valence-corrected chi connectivity index (χ2v) is 4.07. The highest BCUT2D eigenvalue weighted by Gasteiger charge is 2.17. The highest BCUT2D eigenvalue weighted by atomic mass is 35.5. The zero-order valence-corrected chi connectivity index (χ0v) is 9.86. The number of rotatable bonds is 1. The molecule has 0 fully saturated rings. The summed E-state index contributed by atoms with van der Waals surface area (Å²) in [5, 5.41) is 0.236. The van der Waals surface area contributed by atoms with Gasteiger partial charge in [0.05, 0.1) is 5.69 Å². The SMILES string of the molecule is Cc1cc2c(cc1-c1ccnc(Cl)n1)OCO2. The number of fused-ring (bicyclic) bond motifs is 1. The third kappa shape index (κ3) is 1.80. The molecule has 0 N–H and O–H groups in total. The first kappa shape index (κ1) is 10.4. The third-order valence-electron chi connectivity index (χ3n) is 2.62. The second-order valence-electron chi connectivity index (χ2n) is 3.73. The lowest BCUT2D eigenvalue weighted by molar-refractivity contribution is 0.174. The number of aryl methyl sites for hydroxylation is 1. The van der Waals surface area contributed by atoms with E-state index in [4.69, 9.17) is 21.1 Å². The molecule has 86 valence electrons. The highest BCUT2D eigenvalue weighted by Crippen LogP contribution is 2.37. The Labute approximate surface area is 103 Å². The molecule has 0 saturated carbocycles. The number of benzene rings is 1. The van der Waals surface area contributed by atoms with Gasteiger partial charge in [-0.15, -0.1) is 0 Å². The summed E-state index contributed by atoms with van der Waals surface area (Å²) in [4.78, 5) is 8.05. The Balaban J connectivity index is 2.15. The Hall–Kier alpha value is -1.81. The lowest BCUT2D eigenvalue weighted by Crippen LogP contribution is -1.92. The molecule has 0 amide bonds. The van der Waals surface area contributed by atoms with E-state index in [0.717, 1.165) is 28.3 Å². The smallest absolute Gasteiger partial charge is 0.231 e. The molecule has 5 heteroatoms. The van der Waals surface area contributed by atoms with Crippen molar-refractivity contribution >= 4 is 11.6 Å². The molecule has 1 aromatic carbocycles. The molecule has 0 unspecified atom stereocenters. The fourth-order valence-electron chi connectivity index (χ4n) is 1.80. The first-order chi connectivity index (χ1) is 8.24. The highest BCUT2D eigenvalue weighted by molar-refractivity contribution is 6.28. The van der Waals surface area contributed by atoms with Crippen molar-refractivity contribution in [3.8, 4) is 22.8 Å². The van der Waals surface area contributed by atoms with E-state index in [1.165, 1.54) is 0 Å². The van der Waals surface area contributed by atoms with Crippen LogP contribution in [0, 0.1) is 6.92 Å². The molecular formula is C12H9ClN2O2. The van der Waals surface area contributed by atoms with E-state index in [1.54, 1.807) is 6.20 Å². The van der Waals surface area contributed by atoms with Crippen molar-refractivity contribution in [2.24, 2.45) is 0 Å². The van der Waals surface area contributed by atoms with Gasteiger partial charge < -0.3 is 9.47 Å². The van der Waals surface area contributed by atoms with Crippen LogP contribution in [0.15, 0.2) is 24.4 Å². The molecule has 1 aliphatic heterocycles. The average Bonchev–Trinajstić information content (AvgIpc) is 2.75. The van der Waals surface area contributed by atoms with Crippen molar-refractivity contribution in [1.82, 2.24) is 9.97 Å². The predicted octanol–water partition coefficient (Wildman–Crippen LogP) is 2.83. The van der Waals surface area contributed by atoms with E-state index in [9.17, 15) is 0 Å². The van der Waals surface area contributed by atoms with Gasteiger partial charge in [0.15, 0.2) is 11.5 Å². The summed E-state index contributed by atoms with van der Waals surface area (Å²) in [5.41, 5.74) is 2.81. The Morgan fingerprint density at radius 2 is 2.00 bits per heavy atom. The Kier molecular flexibility index (Phi) is 2.37. The maximum atomic E-state index is 5.79. The van der Waals surface area contributed by atoms with Crippen LogP contribution in [0.3, 0.4) is 0 Å². The van der Waals surface area contributed by atoms with Crippen LogP contribution in [-0.4, -0.2) is 16.8 Å². The third-order valence-corrected chi connectivity index (χ3v) is 2.80. The van der Waals surface area contributed by atoms with Gasteiger partial charge in [0.2, 0.25) is 12.1 Å². The molecule has 0 aliphatic carbocycles. The maximum Gasteiger partial charge on any atom is 0.231 e. The van der Waals surface area contributed by atoms with Crippen LogP contribution in [0.25, 0.3) is 11.3 Å². The molecule has 0 spiro atoms. The summed E-state index contributed by atoms with van der Waals surface area (Å²) in [7, 11) is 0. The summed E-state index contributed by atoms with van der Waals surface area (Å²) in [6, 6.07) is 5.67. The van der Waals surface area contributed by atoms with Gasteiger partial charge in [-0.2, -0.15) is 0 Å². The van der Waals surface area contributed by atoms with Crippen LogP contribution in [0.4, 0.5) is 0 Å². The lowest BCUT2D eigenvalue weighted by Gasteiger charge is -2.06. The minimum Gasteiger partial charge on any atom is -0.454 e. The van der Waals surface area contributed by atoms with E-state index in [2.05, 4.69) is 9.97 Å². The molecule has 0 bridgehead atoms. The molecule has 2 heterocycles. The van der Waals surface area contributed by atoms with E-state index < -0.39 is 0 Å². The van der Waals surface area contributed by atoms with Crippen LogP contribution < -0.4 is 9.47 Å². The monoisotopic (exact) mass is 248 g/mol. The quantitative estimate of drug-likeness (QED) is 0.728. The Bertz CT molecular complexity index is 587. The number of ether oxygens (including phenoxy) is 2. The van der Waals surface area contributed by atoms with Crippen molar-refractivity contribution in [3.63, 3.8) is 0 Å². The van der Waals surface area contributed by atoms with Gasteiger partial charge >= 0.3 is 0 Å². The van der Waals surface area contributed by atoms with Gasteiger partial charge in [0.1, 0.15) is 0 Å². The summed E-state index contributed by atoms with van der Waals surface area (Å²) in [6.07, 6.45) is 1.63. The molecule has 0 saturated heterocycles. The van der Waals surface area contributed by atoms with Crippen molar-refractivity contribution in [1.29, 1.82) is 0 Å². The van der Waals surface area contributed by atoms with Crippen LogP contribution in [0.2, 0.25) is 5.28 Å². The molecule has 0 radical (unpaired) electrons. The normalized spacial score (nSPS) is 12.8. The molecule has 1 aliphatic rings. The van der Waals surface area contributed by atoms with E-state index in [1.807, 2.05) is 25.1 Å². The fraction of sp³-hybridized carbons (Fsp3) is 0.167. The lowest BCUT2D eigenvalue weighted by atomic mass is 10.0. The van der Waals surface area contributed by atoms with Crippen molar-refractivity contribution < 1.29 is 9.47 Å². The van der Waals surface area contributed by atoms with Gasteiger partial charge in [0, 0.05) is 11.8 Å². The average molecular weight is 249 g/mol. The molecule has 1 aromatic heterocycles. The number of nitrogens with zero attached hydrogens (tertiary/aromatic N) is 2. The first-order valence-corrected chi connectivity index (χ1v) is 5.51. The number of halogens is 1. The number of hydrogen-bond donors (Lipinski definition) is 0. The fourth-order valence-corrected chi connectivity index (χ4v) is 1.95. The van der Waals surface area contributed by atoms with Gasteiger partial charge in [0.25, 0.3) is 0 Å². The first-order valence-electron chi connectivity index (χ1n) is 5.13. The largest absolute Gasteiger partial charge is 0.454 e. The zero-order valence-electron chi connectivity index (χ0n) is 9.11. The molecule has 2 aromatic rings. The van der Waals surface area contributed by atoms with E-state index >= 15 is 0 Å². The summed E-state index contributed by atoms with van der Waals surface area (Å²) in [6.45, 7) is 2.26. The second kappa shape index (κ2) is 3.89. The predicted molar refractivity (Wildman–Crippen MR) is 63.3 cm³/mol. The summed E-state index contributed by atoms with van der Waals surface area (Å²) < 4.78 is 10.7. The molecule has 0 atom stereocenters. The minimum atomic E-state index is 0.236. The van der Waals surface area contributed by atoms with Crippen molar-refractivity contribution in [3.05, 3.63) is 35.2 Å². The molecular weight excluding hydrogens is 240 g/mol. The van der Waals surface area contributed by atoms with Crippen LogP contribution in [0.5, 0.6) is 11.5 Å². The maximum absolute atomic E-state index is 5.79. The topological polar surface area (TPSA) is 44.2 Å². The Morgan fingerprint density at radius 1 is 1.24 bits per heavy atom. The van der Waals surface area contributed by atoms with Crippen LogP contribution in [-0.2, 0) is 0 Å². The zero-order chi connectivity index (χ0) is 11.8. The Morgan fingerprint density at radius 3 is 2.76 bits per heavy atom. The number of aromatic nitrogens is 2. The standard InChI is InChI=1S/C12H9ClN2O2/c1-7-4-10-11(17-6-16-10)5-8(7)9-2-3-14-12(13)15-9/h2-5H,6H2,1H3. The van der Waals surface area contributed by atoms with E-state index in [0.29, 0.717) is 0 Å². The van der Waals surface area contributed by atoms with Crippen LogP contribution in [0.1, 0.15) is 5.56 Å².